The van der Waals surface area contributed by atoms with Crippen LogP contribution in [0.4, 0.5) is 0 Å². The fourth-order valence-electron chi connectivity index (χ4n) is 2.96. The summed E-state index contributed by atoms with van der Waals surface area (Å²) in [5.41, 5.74) is -2.05. The molecule has 1 N–H and O–H groups in total. The molecule has 2 heterocycles. The van der Waals surface area contributed by atoms with Gasteiger partial charge in [-0.15, -0.1) is 6.58 Å². The van der Waals surface area contributed by atoms with Crippen molar-refractivity contribution in [3.63, 3.8) is 0 Å². The van der Waals surface area contributed by atoms with E-state index in [1.54, 1.807) is 20.3 Å². The number of hydrogen-bond donors (Lipinski definition) is 1. The Morgan fingerprint density at radius 1 is 1.24 bits per heavy atom. The van der Waals surface area contributed by atoms with Crippen LogP contribution in [0.2, 0.25) is 0 Å². The van der Waals surface area contributed by atoms with Crippen LogP contribution in [0.1, 0.15) is 12.8 Å². The van der Waals surface area contributed by atoms with Gasteiger partial charge in [-0.25, -0.2) is 0 Å². The molecule has 3 atom stereocenters. The average Bonchev–Trinajstić information content (AvgIpc) is 2.52. The Hall–Kier alpha value is -0.680. The predicted octanol–water partition coefficient (Wildman–Crippen LogP) is 1.05. The largest absolute Gasteiger partial charge is 0.386 e. The molecular formula is C13H20O4. The maximum absolute atomic E-state index is 10.5. The van der Waals surface area contributed by atoms with Crippen LogP contribution in [-0.4, -0.2) is 49.3 Å². The van der Waals surface area contributed by atoms with E-state index in [0.717, 1.165) is 0 Å². The number of rotatable bonds is 5. The highest BCUT2D eigenvalue weighted by molar-refractivity contribution is 5.27. The summed E-state index contributed by atoms with van der Waals surface area (Å²) in [4.78, 5) is 0. The fourth-order valence-corrected chi connectivity index (χ4v) is 2.96. The number of methoxy groups -OCH3 is 2. The molecule has 2 bridgehead atoms. The maximum Gasteiger partial charge on any atom is 0.114 e. The second kappa shape index (κ2) is 4.21. The van der Waals surface area contributed by atoms with E-state index in [9.17, 15) is 5.11 Å². The molecular weight excluding hydrogens is 220 g/mol. The highest BCUT2D eigenvalue weighted by atomic mass is 16.6. The third kappa shape index (κ3) is 2.18. The summed E-state index contributed by atoms with van der Waals surface area (Å²) >= 11 is 0. The molecule has 1 fully saturated rings. The fraction of sp³-hybridized carbons (Fsp3) is 0.692. The molecule has 0 saturated carbocycles. The van der Waals surface area contributed by atoms with Gasteiger partial charge < -0.3 is 19.3 Å². The van der Waals surface area contributed by atoms with Crippen LogP contribution in [0.25, 0.3) is 0 Å². The van der Waals surface area contributed by atoms with Crippen LogP contribution in [0.15, 0.2) is 24.8 Å². The Balaban J connectivity index is 2.28. The van der Waals surface area contributed by atoms with Gasteiger partial charge in [0.2, 0.25) is 0 Å². The highest BCUT2D eigenvalue weighted by Crippen LogP contribution is 2.48. The van der Waals surface area contributed by atoms with Gasteiger partial charge in [-0.3, -0.25) is 0 Å². The summed E-state index contributed by atoms with van der Waals surface area (Å²) in [7, 11) is 3.26. The molecule has 2 aliphatic rings. The third-order valence-electron chi connectivity index (χ3n) is 3.47. The van der Waals surface area contributed by atoms with Gasteiger partial charge in [0.15, 0.2) is 0 Å². The van der Waals surface area contributed by atoms with Gasteiger partial charge in [-0.05, 0) is 0 Å². The van der Waals surface area contributed by atoms with E-state index in [2.05, 4.69) is 6.58 Å². The van der Waals surface area contributed by atoms with Crippen molar-refractivity contribution in [2.24, 2.45) is 0 Å². The first-order chi connectivity index (χ1) is 8.01. The van der Waals surface area contributed by atoms with E-state index in [-0.39, 0.29) is 0 Å². The summed E-state index contributed by atoms with van der Waals surface area (Å²) in [6.45, 7) is 4.56. The molecule has 0 spiro atoms. The summed E-state index contributed by atoms with van der Waals surface area (Å²) in [5, 5.41) is 10.5. The summed E-state index contributed by atoms with van der Waals surface area (Å²) in [6, 6.07) is 0. The van der Waals surface area contributed by atoms with Crippen molar-refractivity contribution in [1.29, 1.82) is 0 Å². The number of fused-ring (bicyclic) bond motifs is 2. The molecule has 0 unspecified atom stereocenters. The van der Waals surface area contributed by atoms with Crippen LogP contribution < -0.4 is 0 Å². The zero-order valence-corrected chi connectivity index (χ0v) is 10.4. The first kappa shape index (κ1) is 12.8. The SMILES string of the molecule is C=C[C@]1(O)C[C@@]2(COC)C=C[C@@](COC)(C1)O2. The smallest absolute Gasteiger partial charge is 0.114 e. The van der Waals surface area contributed by atoms with E-state index in [1.807, 2.05) is 12.2 Å². The highest BCUT2D eigenvalue weighted by Gasteiger charge is 2.56. The van der Waals surface area contributed by atoms with Gasteiger partial charge in [0, 0.05) is 27.1 Å². The minimum atomic E-state index is -0.932. The lowest BCUT2D eigenvalue weighted by Crippen LogP contribution is -2.56. The third-order valence-corrected chi connectivity index (χ3v) is 3.47. The van der Waals surface area contributed by atoms with Gasteiger partial charge in [0.05, 0.1) is 18.8 Å². The Labute approximate surface area is 102 Å². The minimum Gasteiger partial charge on any atom is -0.386 e. The van der Waals surface area contributed by atoms with Crippen LogP contribution in [0.3, 0.4) is 0 Å². The van der Waals surface area contributed by atoms with Gasteiger partial charge in [0.25, 0.3) is 0 Å². The van der Waals surface area contributed by atoms with E-state index in [4.69, 9.17) is 14.2 Å². The summed E-state index contributed by atoms with van der Waals surface area (Å²) in [5.74, 6) is 0. The van der Waals surface area contributed by atoms with E-state index < -0.39 is 16.8 Å². The Kier molecular flexibility index (Phi) is 3.16. The number of ether oxygens (including phenoxy) is 3. The lowest BCUT2D eigenvalue weighted by molar-refractivity contribution is -0.209. The first-order valence-corrected chi connectivity index (χ1v) is 5.75. The van der Waals surface area contributed by atoms with Crippen LogP contribution in [0.5, 0.6) is 0 Å². The molecule has 2 rings (SSSR count). The standard InChI is InChI=1S/C13H20O4/c1-4-11(14)7-12(9-15-2)5-6-13(8-11,17-12)10-16-3/h4-6,14H,1,7-10H2,2-3H3/t11-,12+,13-. The maximum atomic E-state index is 10.5. The second-order valence-electron chi connectivity index (χ2n) is 5.09. The lowest BCUT2D eigenvalue weighted by Gasteiger charge is -2.47. The molecule has 0 radical (unpaired) electrons. The quantitative estimate of drug-likeness (QED) is 0.730. The topological polar surface area (TPSA) is 47.9 Å². The van der Waals surface area contributed by atoms with Crippen LogP contribution in [-0.2, 0) is 14.2 Å². The first-order valence-electron chi connectivity index (χ1n) is 5.75. The molecule has 2 aliphatic heterocycles. The minimum absolute atomic E-state index is 0.422. The van der Waals surface area contributed by atoms with Crippen LogP contribution >= 0.6 is 0 Å². The molecule has 0 amide bonds. The Morgan fingerprint density at radius 3 is 2.06 bits per heavy atom. The molecule has 1 saturated heterocycles. The average molecular weight is 240 g/mol. The molecule has 4 heteroatoms. The molecule has 0 aliphatic carbocycles. The van der Waals surface area contributed by atoms with Crippen molar-refractivity contribution >= 4 is 0 Å². The number of hydrogen-bond acceptors (Lipinski definition) is 4. The summed E-state index contributed by atoms with van der Waals surface area (Å²) in [6.07, 6.45) is 6.50. The van der Waals surface area contributed by atoms with Gasteiger partial charge in [0.1, 0.15) is 11.2 Å². The van der Waals surface area contributed by atoms with E-state index >= 15 is 0 Å². The Bertz CT molecular complexity index is 314. The van der Waals surface area contributed by atoms with Crippen molar-refractivity contribution in [1.82, 2.24) is 0 Å². The second-order valence-corrected chi connectivity index (χ2v) is 5.09. The van der Waals surface area contributed by atoms with E-state index in [1.165, 1.54) is 0 Å². The molecule has 4 nitrogen and oxygen atoms in total. The molecule has 0 aromatic rings. The summed E-state index contributed by atoms with van der Waals surface area (Å²) < 4.78 is 16.5. The zero-order valence-electron chi connectivity index (χ0n) is 10.4. The van der Waals surface area contributed by atoms with Gasteiger partial charge in [-0.2, -0.15) is 0 Å². The lowest BCUT2D eigenvalue weighted by atomic mass is 9.79. The molecule has 0 aromatic carbocycles. The van der Waals surface area contributed by atoms with Gasteiger partial charge in [-0.1, -0.05) is 18.2 Å². The van der Waals surface area contributed by atoms with Crippen molar-refractivity contribution < 1.29 is 19.3 Å². The molecule has 96 valence electrons. The Morgan fingerprint density at radius 2 is 1.71 bits per heavy atom. The molecule has 0 aromatic heterocycles. The number of aliphatic hydroxyl groups is 1. The van der Waals surface area contributed by atoms with Gasteiger partial charge >= 0.3 is 0 Å². The molecule has 17 heavy (non-hydrogen) atoms. The zero-order chi connectivity index (χ0) is 12.6. The predicted molar refractivity (Wildman–Crippen MR) is 63.8 cm³/mol. The van der Waals surface area contributed by atoms with Crippen molar-refractivity contribution in [2.75, 3.05) is 27.4 Å². The van der Waals surface area contributed by atoms with Crippen molar-refractivity contribution in [2.45, 2.75) is 29.6 Å². The van der Waals surface area contributed by atoms with Crippen molar-refractivity contribution in [3.8, 4) is 0 Å². The van der Waals surface area contributed by atoms with E-state index in [0.29, 0.717) is 26.1 Å². The van der Waals surface area contributed by atoms with Crippen molar-refractivity contribution in [3.05, 3.63) is 24.8 Å². The normalized spacial score (nSPS) is 43.9. The van der Waals surface area contributed by atoms with Crippen LogP contribution in [0, 0.1) is 0 Å². The monoisotopic (exact) mass is 240 g/mol.